The van der Waals surface area contributed by atoms with Crippen LogP contribution < -0.4 is 9.47 Å². The quantitative estimate of drug-likeness (QED) is 0.584. The number of esters is 1. The van der Waals surface area contributed by atoms with Crippen molar-refractivity contribution < 1.29 is 18.7 Å². The normalized spacial score (nSPS) is 11.2. The molecule has 0 aromatic heterocycles. The number of hydrogen-bond acceptors (Lipinski definition) is 3. The van der Waals surface area contributed by atoms with Gasteiger partial charge >= 0.3 is 5.97 Å². The van der Waals surface area contributed by atoms with E-state index in [0.717, 1.165) is 11.6 Å². The van der Waals surface area contributed by atoms with E-state index in [9.17, 15) is 9.18 Å². The van der Waals surface area contributed by atoms with Crippen molar-refractivity contribution in [3.63, 3.8) is 0 Å². The van der Waals surface area contributed by atoms with Crippen LogP contribution in [-0.4, -0.2) is 13.1 Å². The first-order chi connectivity index (χ1) is 10.7. The summed E-state index contributed by atoms with van der Waals surface area (Å²) in [6.07, 6.45) is 0. The smallest absolute Gasteiger partial charge is 0.343 e. The maximum atomic E-state index is 13.5. The van der Waals surface area contributed by atoms with E-state index in [-0.39, 0.29) is 16.0 Å². The van der Waals surface area contributed by atoms with Gasteiger partial charge in [0.1, 0.15) is 17.3 Å². The monoisotopic (exact) mass is 336 g/mol. The van der Waals surface area contributed by atoms with Crippen molar-refractivity contribution >= 4 is 17.6 Å². The van der Waals surface area contributed by atoms with Crippen LogP contribution >= 0.6 is 11.6 Å². The van der Waals surface area contributed by atoms with E-state index in [2.05, 4.69) is 0 Å². The lowest BCUT2D eigenvalue weighted by molar-refractivity contribution is 0.0731. The number of benzene rings is 2. The van der Waals surface area contributed by atoms with Crippen molar-refractivity contribution in [3.8, 4) is 11.5 Å². The van der Waals surface area contributed by atoms with Gasteiger partial charge in [-0.2, -0.15) is 0 Å². The molecule has 0 aliphatic heterocycles. The van der Waals surface area contributed by atoms with Crippen LogP contribution in [0.25, 0.3) is 0 Å². The Morgan fingerprint density at radius 1 is 1.13 bits per heavy atom. The van der Waals surface area contributed by atoms with Gasteiger partial charge in [0.2, 0.25) is 0 Å². The molecule has 0 heterocycles. The molecule has 0 unspecified atom stereocenters. The molecule has 2 aromatic rings. The van der Waals surface area contributed by atoms with Crippen LogP contribution in [0.5, 0.6) is 11.5 Å². The fourth-order valence-electron chi connectivity index (χ4n) is 2.09. The largest absolute Gasteiger partial charge is 0.497 e. The topological polar surface area (TPSA) is 35.5 Å². The number of rotatable bonds is 3. The summed E-state index contributed by atoms with van der Waals surface area (Å²) in [4.78, 5) is 12.2. The Morgan fingerprint density at radius 3 is 2.39 bits per heavy atom. The van der Waals surface area contributed by atoms with Gasteiger partial charge in [0.25, 0.3) is 0 Å². The fourth-order valence-corrected chi connectivity index (χ4v) is 2.21. The highest BCUT2D eigenvalue weighted by molar-refractivity contribution is 6.30. The molecular formula is C18H18ClFO3. The van der Waals surface area contributed by atoms with Gasteiger partial charge in [0, 0.05) is 5.56 Å². The number of methoxy groups -OCH3 is 1. The molecule has 2 rings (SSSR count). The Labute approximate surface area is 140 Å². The highest BCUT2D eigenvalue weighted by Crippen LogP contribution is 2.34. The van der Waals surface area contributed by atoms with Crippen LogP contribution in [-0.2, 0) is 5.41 Å². The summed E-state index contributed by atoms with van der Waals surface area (Å²) in [5, 5.41) is -0.0404. The molecule has 0 aliphatic carbocycles. The molecule has 23 heavy (non-hydrogen) atoms. The molecule has 0 fully saturated rings. The van der Waals surface area contributed by atoms with Crippen LogP contribution in [0.4, 0.5) is 4.39 Å². The minimum absolute atomic E-state index is 0.0404. The van der Waals surface area contributed by atoms with Crippen LogP contribution in [0.3, 0.4) is 0 Å². The van der Waals surface area contributed by atoms with Crippen LogP contribution in [0, 0.1) is 5.82 Å². The average molecular weight is 337 g/mol. The molecule has 0 bridgehead atoms. The number of ether oxygens (including phenoxy) is 2. The zero-order chi connectivity index (χ0) is 17.2. The van der Waals surface area contributed by atoms with E-state index >= 15 is 0 Å². The zero-order valence-electron chi connectivity index (χ0n) is 13.4. The first-order valence-electron chi connectivity index (χ1n) is 7.08. The highest BCUT2D eigenvalue weighted by atomic mass is 35.5. The van der Waals surface area contributed by atoms with Gasteiger partial charge in [-0.15, -0.1) is 0 Å². The second-order valence-electron chi connectivity index (χ2n) is 6.13. The summed E-state index contributed by atoms with van der Waals surface area (Å²) in [6, 6.07) is 9.01. The number of halogens is 2. The van der Waals surface area contributed by atoms with Gasteiger partial charge in [0.15, 0.2) is 0 Å². The zero-order valence-corrected chi connectivity index (χ0v) is 14.2. The third kappa shape index (κ3) is 4.02. The van der Waals surface area contributed by atoms with Gasteiger partial charge in [-0.1, -0.05) is 32.4 Å². The lowest BCUT2D eigenvalue weighted by Crippen LogP contribution is -2.16. The number of hydrogen-bond donors (Lipinski definition) is 0. The van der Waals surface area contributed by atoms with Crippen LogP contribution in [0.15, 0.2) is 36.4 Å². The van der Waals surface area contributed by atoms with E-state index in [1.165, 1.54) is 12.1 Å². The van der Waals surface area contributed by atoms with Crippen LogP contribution in [0.1, 0.15) is 36.7 Å². The first-order valence-corrected chi connectivity index (χ1v) is 7.46. The lowest BCUT2D eigenvalue weighted by Gasteiger charge is -2.23. The molecule has 2 aromatic carbocycles. The molecule has 0 radical (unpaired) electrons. The van der Waals surface area contributed by atoms with Gasteiger partial charge in [0.05, 0.1) is 17.7 Å². The van der Waals surface area contributed by atoms with Gasteiger partial charge in [-0.3, -0.25) is 0 Å². The van der Waals surface area contributed by atoms with E-state index in [1.807, 2.05) is 26.8 Å². The van der Waals surface area contributed by atoms with E-state index in [4.69, 9.17) is 21.1 Å². The second-order valence-corrected chi connectivity index (χ2v) is 6.54. The maximum absolute atomic E-state index is 13.5. The SMILES string of the molecule is COc1ccc(OC(=O)c2ccc(Cl)c(F)c2)c(C(C)(C)C)c1. The van der Waals surface area contributed by atoms with Crippen molar-refractivity contribution in [1.82, 2.24) is 0 Å². The summed E-state index contributed by atoms with van der Waals surface area (Å²) >= 11 is 5.62. The van der Waals surface area contributed by atoms with Crippen molar-refractivity contribution in [2.45, 2.75) is 26.2 Å². The molecule has 0 spiro atoms. The van der Waals surface area contributed by atoms with Gasteiger partial charge in [-0.05, 0) is 41.8 Å². The van der Waals surface area contributed by atoms with Crippen molar-refractivity contribution in [2.24, 2.45) is 0 Å². The third-order valence-electron chi connectivity index (χ3n) is 3.35. The van der Waals surface area contributed by atoms with Gasteiger partial charge in [-0.25, -0.2) is 9.18 Å². The molecule has 122 valence electrons. The molecule has 0 aliphatic rings. The van der Waals surface area contributed by atoms with Crippen molar-refractivity contribution in [3.05, 3.63) is 58.4 Å². The molecular weight excluding hydrogens is 319 g/mol. The Bertz CT molecular complexity index is 736. The molecule has 0 saturated heterocycles. The molecule has 0 N–H and O–H groups in total. The van der Waals surface area contributed by atoms with Crippen molar-refractivity contribution in [2.75, 3.05) is 7.11 Å². The third-order valence-corrected chi connectivity index (χ3v) is 3.66. The Morgan fingerprint density at radius 2 is 1.83 bits per heavy atom. The molecule has 0 saturated carbocycles. The summed E-state index contributed by atoms with van der Waals surface area (Å²) < 4.78 is 24.2. The second kappa shape index (κ2) is 6.59. The lowest BCUT2D eigenvalue weighted by atomic mass is 9.86. The number of carbonyl (C=O) groups excluding carboxylic acids is 1. The van der Waals surface area contributed by atoms with E-state index in [1.54, 1.807) is 19.2 Å². The maximum Gasteiger partial charge on any atom is 0.343 e. The Hall–Kier alpha value is -2.07. The fraction of sp³-hybridized carbons (Fsp3) is 0.278. The standard InChI is InChI=1S/C18H18ClFO3/c1-18(2,3)13-10-12(22-4)6-8-16(13)23-17(21)11-5-7-14(19)15(20)9-11/h5-10H,1-4H3. The average Bonchev–Trinajstić information content (AvgIpc) is 2.49. The van der Waals surface area contributed by atoms with E-state index < -0.39 is 11.8 Å². The molecule has 3 nitrogen and oxygen atoms in total. The summed E-state index contributed by atoms with van der Waals surface area (Å²) in [5.74, 6) is -0.214. The summed E-state index contributed by atoms with van der Waals surface area (Å²) in [6.45, 7) is 6.00. The minimum atomic E-state index is -0.660. The van der Waals surface area contributed by atoms with Crippen molar-refractivity contribution in [1.29, 1.82) is 0 Å². The molecule has 5 heteroatoms. The number of carbonyl (C=O) groups is 1. The highest BCUT2D eigenvalue weighted by Gasteiger charge is 2.22. The Kier molecular flexibility index (Phi) is 4.95. The predicted molar refractivity (Wildman–Crippen MR) is 88.1 cm³/mol. The molecule has 0 amide bonds. The molecule has 0 atom stereocenters. The van der Waals surface area contributed by atoms with Gasteiger partial charge < -0.3 is 9.47 Å². The van der Waals surface area contributed by atoms with Crippen LogP contribution in [0.2, 0.25) is 5.02 Å². The Balaban J connectivity index is 2.35. The first kappa shape index (κ1) is 17.3. The summed E-state index contributed by atoms with van der Waals surface area (Å²) in [7, 11) is 1.57. The van der Waals surface area contributed by atoms with E-state index in [0.29, 0.717) is 11.5 Å². The predicted octanol–water partition coefficient (Wildman–Crippen LogP) is 5.00. The summed E-state index contributed by atoms with van der Waals surface area (Å²) in [5.41, 5.74) is 0.664. The minimum Gasteiger partial charge on any atom is -0.497 e.